The molecule has 110 valence electrons. The summed E-state index contributed by atoms with van der Waals surface area (Å²) in [4.78, 5) is 12.3. The first-order valence-corrected chi connectivity index (χ1v) is 7.75. The second-order valence-electron chi connectivity index (χ2n) is 5.94. The van der Waals surface area contributed by atoms with E-state index in [1.165, 1.54) is 11.1 Å². The van der Waals surface area contributed by atoms with E-state index in [0.29, 0.717) is 0 Å². The van der Waals surface area contributed by atoms with Crippen LogP contribution in [-0.4, -0.2) is 11.9 Å². The van der Waals surface area contributed by atoms with Crippen molar-refractivity contribution in [2.24, 2.45) is 11.7 Å². The van der Waals surface area contributed by atoms with Gasteiger partial charge in [-0.3, -0.25) is 4.79 Å². The maximum Gasteiger partial charge on any atom is 0.223 e. The minimum atomic E-state index is 0.0732. The van der Waals surface area contributed by atoms with Crippen molar-refractivity contribution in [1.82, 2.24) is 5.32 Å². The van der Waals surface area contributed by atoms with Crippen molar-refractivity contribution in [1.29, 1.82) is 0 Å². The molecule has 0 spiro atoms. The number of hydrogen-bond acceptors (Lipinski definition) is 2. The molecule has 0 radical (unpaired) electrons. The second kappa shape index (κ2) is 6.89. The van der Waals surface area contributed by atoms with E-state index in [2.05, 4.69) is 36.5 Å². The van der Waals surface area contributed by atoms with Gasteiger partial charge in [-0.2, -0.15) is 0 Å². The highest BCUT2D eigenvalue weighted by Crippen LogP contribution is 2.24. The van der Waals surface area contributed by atoms with Crippen LogP contribution >= 0.6 is 0 Å². The van der Waals surface area contributed by atoms with Crippen molar-refractivity contribution in [2.45, 2.75) is 58.0 Å². The zero-order chi connectivity index (χ0) is 14.5. The summed E-state index contributed by atoms with van der Waals surface area (Å²) in [5, 5.41) is 3.14. The third-order valence-corrected chi connectivity index (χ3v) is 4.39. The van der Waals surface area contributed by atoms with Gasteiger partial charge >= 0.3 is 0 Å². The third kappa shape index (κ3) is 3.83. The normalized spacial score (nSPS) is 24.1. The summed E-state index contributed by atoms with van der Waals surface area (Å²) in [5.41, 5.74) is 8.38. The molecule has 1 amide bonds. The zero-order valence-electron chi connectivity index (χ0n) is 12.6. The van der Waals surface area contributed by atoms with Gasteiger partial charge < -0.3 is 11.1 Å². The Hall–Kier alpha value is -1.35. The van der Waals surface area contributed by atoms with Crippen molar-refractivity contribution in [3.05, 3.63) is 35.4 Å². The van der Waals surface area contributed by atoms with Crippen LogP contribution in [-0.2, 0) is 11.2 Å². The minimum Gasteiger partial charge on any atom is -0.349 e. The number of aryl methyl sites for hydroxylation is 1. The predicted octanol–water partition coefficient (Wildman–Crippen LogP) is 2.94. The van der Waals surface area contributed by atoms with Gasteiger partial charge in [-0.1, -0.05) is 31.2 Å². The van der Waals surface area contributed by atoms with Crippen LogP contribution in [0.15, 0.2) is 24.3 Å². The van der Waals surface area contributed by atoms with E-state index in [1.54, 1.807) is 0 Å². The maximum absolute atomic E-state index is 12.3. The Morgan fingerprint density at radius 3 is 2.40 bits per heavy atom. The third-order valence-electron chi connectivity index (χ3n) is 4.39. The average Bonchev–Trinajstić information content (AvgIpc) is 2.48. The molecular formula is C17H26N2O. The van der Waals surface area contributed by atoms with Gasteiger partial charge in [-0.15, -0.1) is 0 Å². The van der Waals surface area contributed by atoms with Crippen molar-refractivity contribution >= 4 is 5.91 Å². The van der Waals surface area contributed by atoms with Crippen LogP contribution in [0.25, 0.3) is 0 Å². The lowest BCUT2D eigenvalue weighted by molar-refractivity contribution is -0.126. The van der Waals surface area contributed by atoms with E-state index in [4.69, 9.17) is 5.73 Å². The lowest BCUT2D eigenvalue weighted by atomic mass is 9.85. The smallest absolute Gasteiger partial charge is 0.223 e. The summed E-state index contributed by atoms with van der Waals surface area (Å²) in [6, 6.07) is 8.86. The molecule has 20 heavy (non-hydrogen) atoms. The molecule has 1 aliphatic carbocycles. The number of carbonyl (C=O) groups excluding carboxylic acids is 1. The molecule has 0 aliphatic heterocycles. The Labute approximate surface area is 121 Å². The maximum atomic E-state index is 12.3. The number of benzene rings is 1. The first kappa shape index (κ1) is 15.0. The average molecular weight is 274 g/mol. The highest BCUT2D eigenvalue weighted by molar-refractivity contribution is 5.79. The second-order valence-corrected chi connectivity index (χ2v) is 5.94. The molecule has 1 unspecified atom stereocenters. The first-order chi connectivity index (χ1) is 9.60. The van der Waals surface area contributed by atoms with E-state index in [1.807, 2.05) is 6.92 Å². The van der Waals surface area contributed by atoms with E-state index < -0.39 is 0 Å². The number of rotatable bonds is 4. The van der Waals surface area contributed by atoms with Gasteiger partial charge in [0.15, 0.2) is 0 Å². The van der Waals surface area contributed by atoms with Crippen LogP contribution in [0.3, 0.4) is 0 Å². The molecule has 1 atom stereocenters. The number of amides is 1. The quantitative estimate of drug-likeness (QED) is 0.887. The van der Waals surface area contributed by atoms with Crippen molar-refractivity contribution in [3.63, 3.8) is 0 Å². The van der Waals surface area contributed by atoms with E-state index >= 15 is 0 Å². The molecule has 0 heterocycles. The van der Waals surface area contributed by atoms with E-state index in [9.17, 15) is 4.79 Å². The molecule has 1 saturated carbocycles. The lowest BCUT2D eigenvalue weighted by Gasteiger charge is -2.26. The fourth-order valence-electron chi connectivity index (χ4n) is 2.84. The van der Waals surface area contributed by atoms with Crippen LogP contribution in [0.1, 0.15) is 56.7 Å². The molecule has 0 aromatic heterocycles. The van der Waals surface area contributed by atoms with E-state index in [0.717, 1.165) is 32.1 Å². The molecule has 2 rings (SSSR count). The predicted molar refractivity (Wildman–Crippen MR) is 82.3 cm³/mol. The molecule has 1 aromatic carbocycles. The number of carbonyl (C=O) groups is 1. The molecule has 1 fully saturated rings. The fraction of sp³-hybridized carbons (Fsp3) is 0.588. The highest BCUT2D eigenvalue weighted by Gasteiger charge is 2.25. The summed E-state index contributed by atoms with van der Waals surface area (Å²) >= 11 is 0. The molecule has 0 saturated heterocycles. The fourth-order valence-corrected chi connectivity index (χ4v) is 2.84. The van der Waals surface area contributed by atoms with Gasteiger partial charge in [0, 0.05) is 12.0 Å². The molecule has 3 N–H and O–H groups in total. The number of nitrogens with two attached hydrogens (primary N) is 1. The monoisotopic (exact) mass is 274 g/mol. The van der Waals surface area contributed by atoms with Gasteiger partial charge in [-0.25, -0.2) is 0 Å². The van der Waals surface area contributed by atoms with Gasteiger partial charge in [-0.05, 0) is 50.2 Å². The Kier molecular flexibility index (Phi) is 5.18. The minimum absolute atomic E-state index is 0.0732. The highest BCUT2D eigenvalue weighted by atomic mass is 16.1. The number of nitrogens with one attached hydrogen (secondary N) is 1. The number of hydrogen-bond donors (Lipinski definition) is 2. The van der Waals surface area contributed by atoms with Gasteiger partial charge in [0.25, 0.3) is 0 Å². The molecule has 3 heteroatoms. The van der Waals surface area contributed by atoms with Crippen LogP contribution in [0.2, 0.25) is 0 Å². The van der Waals surface area contributed by atoms with Gasteiger partial charge in [0.05, 0.1) is 6.04 Å². The summed E-state index contributed by atoms with van der Waals surface area (Å²) in [5.74, 6) is 0.330. The first-order valence-electron chi connectivity index (χ1n) is 7.75. The summed E-state index contributed by atoms with van der Waals surface area (Å²) in [7, 11) is 0. The Bertz CT molecular complexity index is 433. The van der Waals surface area contributed by atoms with Crippen LogP contribution in [0, 0.1) is 5.92 Å². The SMILES string of the molecule is CCc1ccc(C(C)NC(=O)C2CCC(N)CC2)cc1. The largest absolute Gasteiger partial charge is 0.349 e. The standard InChI is InChI=1S/C17H26N2O/c1-3-13-4-6-14(7-5-13)12(2)19-17(20)15-8-10-16(18)11-9-15/h4-7,12,15-16H,3,8-11,18H2,1-2H3,(H,19,20). The zero-order valence-corrected chi connectivity index (χ0v) is 12.6. The topological polar surface area (TPSA) is 55.1 Å². The summed E-state index contributed by atoms with van der Waals surface area (Å²) in [6.45, 7) is 4.20. The molecule has 1 aliphatic rings. The Morgan fingerprint density at radius 1 is 1.25 bits per heavy atom. The van der Waals surface area contributed by atoms with Crippen molar-refractivity contribution in [2.75, 3.05) is 0 Å². The molecule has 3 nitrogen and oxygen atoms in total. The van der Waals surface area contributed by atoms with Crippen LogP contribution in [0.5, 0.6) is 0 Å². The van der Waals surface area contributed by atoms with Gasteiger partial charge in [0.1, 0.15) is 0 Å². The Balaban J connectivity index is 1.89. The Morgan fingerprint density at radius 2 is 1.85 bits per heavy atom. The summed E-state index contributed by atoms with van der Waals surface area (Å²) < 4.78 is 0. The van der Waals surface area contributed by atoms with E-state index in [-0.39, 0.29) is 23.9 Å². The van der Waals surface area contributed by atoms with Crippen molar-refractivity contribution < 1.29 is 4.79 Å². The molecule has 0 bridgehead atoms. The van der Waals surface area contributed by atoms with Crippen LogP contribution < -0.4 is 11.1 Å². The summed E-state index contributed by atoms with van der Waals surface area (Å²) in [6.07, 6.45) is 4.83. The van der Waals surface area contributed by atoms with Crippen molar-refractivity contribution in [3.8, 4) is 0 Å². The van der Waals surface area contributed by atoms with Crippen LogP contribution in [0.4, 0.5) is 0 Å². The molecular weight excluding hydrogens is 248 g/mol. The molecule has 1 aromatic rings. The lowest BCUT2D eigenvalue weighted by Crippen LogP contribution is -2.37. The van der Waals surface area contributed by atoms with Gasteiger partial charge in [0.2, 0.25) is 5.91 Å².